The molecular formula is C20H19F5N6O2. The van der Waals surface area contributed by atoms with E-state index in [4.69, 9.17) is 5.73 Å². The fraction of sp³-hybridized carbons (Fsp3) is 0.300. The highest BCUT2D eigenvalue weighted by molar-refractivity contribution is 6.40. The molecule has 3 rings (SSSR count). The highest BCUT2D eigenvalue weighted by atomic mass is 19.4. The van der Waals surface area contributed by atoms with Crippen molar-refractivity contribution in [3.05, 3.63) is 47.8 Å². The lowest BCUT2D eigenvalue weighted by Crippen LogP contribution is -2.38. The lowest BCUT2D eigenvalue weighted by atomic mass is 10.0. The van der Waals surface area contributed by atoms with E-state index >= 15 is 0 Å². The maximum atomic E-state index is 13.5. The molecule has 3 aromatic rings. The highest BCUT2D eigenvalue weighted by Crippen LogP contribution is 2.44. The Morgan fingerprint density at radius 2 is 1.73 bits per heavy atom. The van der Waals surface area contributed by atoms with Gasteiger partial charge in [0.15, 0.2) is 0 Å². The van der Waals surface area contributed by atoms with Gasteiger partial charge in [0.25, 0.3) is 0 Å². The predicted molar refractivity (Wildman–Crippen MR) is 109 cm³/mol. The molecule has 1 unspecified atom stereocenters. The van der Waals surface area contributed by atoms with Crippen LogP contribution in [-0.2, 0) is 22.6 Å². The zero-order valence-electron chi connectivity index (χ0n) is 17.6. The summed E-state index contributed by atoms with van der Waals surface area (Å²) in [6, 6.07) is 2.56. The van der Waals surface area contributed by atoms with Crippen LogP contribution in [0.5, 0.6) is 0 Å². The number of halogens is 5. The lowest BCUT2D eigenvalue weighted by Gasteiger charge is -2.25. The van der Waals surface area contributed by atoms with Crippen LogP contribution in [0.1, 0.15) is 24.1 Å². The largest absolute Gasteiger partial charge is 0.458 e. The summed E-state index contributed by atoms with van der Waals surface area (Å²) in [6.07, 6.45) is -3.02. The molecule has 0 radical (unpaired) electrons. The number of carbonyl (C=O) groups excluding carboxylic acids is 2. The van der Waals surface area contributed by atoms with E-state index in [1.165, 1.54) is 31.0 Å². The van der Waals surface area contributed by atoms with Gasteiger partial charge in [0.2, 0.25) is 0 Å². The van der Waals surface area contributed by atoms with Crippen LogP contribution in [0.2, 0.25) is 0 Å². The molecule has 8 nitrogen and oxygen atoms in total. The van der Waals surface area contributed by atoms with Crippen LogP contribution in [-0.4, -0.2) is 44.7 Å². The number of anilines is 2. The first kappa shape index (κ1) is 23.9. The molecule has 33 heavy (non-hydrogen) atoms. The number of benzene rings is 1. The van der Waals surface area contributed by atoms with Gasteiger partial charge in [-0.25, -0.2) is 4.98 Å². The molecule has 0 saturated carbocycles. The summed E-state index contributed by atoms with van der Waals surface area (Å²) in [5.74, 6) is -6.82. The molecule has 176 valence electrons. The molecule has 3 N–H and O–H groups in total. The Bertz CT molecular complexity index is 1210. The Morgan fingerprint density at radius 3 is 2.30 bits per heavy atom. The van der Waals surface area contributed by atoms with E-state index in [1.54, 1.807) is 7.05 Å². The van der Waals surface area contributed by atoms with E-state index in [2.05, 4.69) is 15.4 Å². The second-order valence-corrected chi connectivity index (χ2v) is 7.33. The van der Waals surface area contributed by atoms with Crippen LogP contribution in [0.15, 0.2) is 36.7 Å². The number of aryl methyl sites for hydroxylation is 1. The molecule has 0 spiro atoms. The smallest absolute Gasteiger partial charge is 0.382 e. The maximum Gasteiger partial charge on any atom is 0.458 e. The van der Waals surface area contributed by atoms with Crippen molar-refractivity contribution in [2.75, 3.05) is 18.1 Å². The van der Waals surface area contributed by atoms with E-state index in [0.29, 0.717) is 23.0 Å². The first-order valence-corrected chi connectivity index (χ1v) is 9.45. The number of hydrogen-bond acceptors (Lipinski definition) is 5. The van der Waals surface area contributed by atoms with Gasteiger partial charge in [-0.3, -0.25) is 14.3 Å². The number of rotatable bonds is 4. The number of nitrogen functional groups attached to an aromatic ring is 1. The summed E-state index contributed by atoms with van der Waals surface area (Å²) in [5, 5.41) is 6.93. The first-order chi connectivity index (χ1) is 15.3. The van der Waals surface area contributed by atoms with Gasteiger partial charge in [-0.15, -0.1) is 0 Å². The zero-order valence-corrected chi connectivity index (χ0v) is 17.6. The van der Waals surface area contributed by atoms with Gasteiger partial charge in [-0.2, -0.15) is 27.1 Å². The molecule has 1 aromatic carbocycles. The minimum absolute atomic E-state index is 0.180. The Labute approximate surface area is 184 Å². The zero-order chi connectivity index (χ0) is 24.7. The van der Waals surface area contributed by atoms with Gasteiger partial charge in [0.1, 0.15) is 11.3 Å². The molecule has 0 bridgehead atoms. The van der Waals surface area contributed by atoms with Crippen molar-refractivity contribution < 1.29 is 31.5 Å². The molecule has 2 aromatic heterocycles. The van der Waals surface area contributed by atoms with E-state index in [1.807, 2.05) is 0 Å². The topological polar surface area (TPSA) is 106 Å². The number of hydrogen-bond donors (Lipinski definition) is 2. The summed E-state index contributed by atoms with van der Waals surface area (Å²) < 4.78 is 66.0. The van der Waals surface area contributed by atoms with Crippen LogP contribution in [0, 0.1) is 0 Å². The SMILES string of the molecule is CC(c1ccc(C(F)(F)C(F)(F)F)cc1)N(C)C(=O)C(=O)Nc1cnc(N)c2c1cnn2C. The molecular weight excluding hydrogens is 451 g/mol. The quantitative estimate of drug-likeness (QED) is 0.449. The molecule has 0 aliphatic carbocycles. The average Bonchev–Trinajstić information content (AvgIpc) is 3.16. The molecule has 2 amide bonds. The second kappa shape index (κ2) is 8.30. The summed E-state index contributed by atoms with van der Waals surface area (Å²) in [5.41, 5.74) is 5.49. The van der Waals surface area contributed by atoms with Gasteiger partial charge in [-0.1, -0.05) is 24.3 Å². The number of alkyl halides is 5. The fourth-order valence-corrected chi connectivity index (χ4v) is 3.17. The number of carbonyl (C=O) groups is 2. The number of likely N-dealkylation sites (N-methyl/N-ethyl adjacent to an activating group) is 1. The molecule has 0 saturated heterocycles. The van der Waals surface area contributed by atoms with E-state index < -0.39 is 35.5 Å². The number of nitrogens with one attached hydrogen (secondary N) is 1. The molecule has 0 aliphatic heterocycles. The predicted octanol–water partition coefficient (Wildman–Crippen LogP) is 3.36. The van der Waals surface area contributed by atoms with Crippen molar-refractivity contribution in [1.82, 2.24) is 19.7 Å². The van der Waals surface area contributed by atoms with Gasteiger partial charge in [-0.05, 0) is 12.5 Å². The number of fused-ring (bicyclic) bond motifs is 1. The molecule has 1 atom stereocenters. The average molecular weight is 470 g/mol. The minimum atomic E-state index is -5.73. The van der Waals surface area contributed by atoms with Crippen LogP contribution < -0.4 is 11.1 Å². The fourth-order valence-electron chi connectivity index (χ4n) is 3.17. The van der Waals surface area contributed by atoms with Crippen molar-refractivity contribution in [1.29, 1.82) is 0 Å². The third kappa shape index (κ3) is 4.30. The van der Waals surface area contributed by atoms with Crippen LogP contribution in [0.4, 0.5) is 33.5 Å². The van der Waals surface area contributed by atoms with E-state index in [0.717, 1.165) is 17.0 Å². The molecule has 0 aliphatic rings. The number of nitrogens with two attached hydrogens (primary N) is 1. The second-order valence-electron chi connectivity index (χ2n) is 7.33. The van der Waals surface area contributed by atoms with Crippen molar-refractivity contribution in [3.63, 3.8) is 0 Å². The maximum absolute atomic E-state index is 13.5. The normalized spacial score (nSPS) is 13.1. The number of nitrogens with zero attached hydrogens (tertiary/aromatic N) is 4. The van der Waals surface area contributed by atoms with Crippen LogP contribution in [0.25, 0.3) is 10.9 Å². The van der Waals surface area contributed by atoms with Gasteiger partial charge in [0.05, 0.1) is 24.1 Å². The van der Waals surface area contributed by atoms with Crippen molar-refractivity contribution in [3.8, 4) is 0 Å². The Morgan fingerprint density at radius 1 is 1.12 bits per heavy atom. The summed E-state index contributed by atoms with van der Waals surface area (Å²) >= 11 is 0. The van der Waals surface area contributed by atoms with Gasteiger partial charge >= 0.3 is 23.9 Å². The van der Waals surface area contributed by atoms with Crippen molar-refractivity contribution in [2.24, 2.45) is 7.05 Å². The highest BCUT2D eigenvalue weighted by Gasteiger charge is 2.58. The third-order valence-electron chi connectivity index (χ3n) is 5.26. The summed E-state index contributed by atoms with van der Waals surface area (Å²) in [4.78, 5) is 30.1. The Kier molecular flexibility index (Phi) is 6.00. The van der Waals surface area contributed by atoms with Crippen molar-refractivity contribution in [2.45, 2.75) is 25.1 Å². The molecule has 13 heteroatoms. The van der Waals surface area contributed by atoms with Crippen LogP contribution in [0.3, 0.4) is 0 Å². The summed E-state index contributed by atoms with van der Waals surface area (Å²) in [6.45, 7) is 1.49. The number of amides is 2. The standard InChI is InChI=1S/C20H19F5N6O2/c1-10(11-4-6-12(7-5-11)19(21,22)20(23,24)25)30(2)18(33)17(32)29-14-9-27-16(26)15-13(14)8-28-31(15)3/h4-10H,1-3H3,(H2,26,27)(H,29,32). The van der Waals surface area contributed by atoms with Crippen molar-refractivity contribution >= 4 is 34.2 Å². The third-order valence-corrected chi connectivity index (χ3v) is 5.26. The lowest BCUT2D eigenvalue weighted by molar-refractivity contribution is -0.289. The van der Waals surface area contributed by atoms with E-state index in [9.17, 15) is 31.5 Å². The first-order valence-electron chi connectivity index (χ1n) is 9.45. The van der Waals surface area contributed by atoms with Gasteiger partial charge in [0, 0.05) is 25.0 Å². The minimum Gasteiger partial charge on any atom is -0.382 e. The Hall–Kier alpha value is -3.77. The van der Waals surface area contributed by atoms with Gasteiger partial charge < -0.3 is 16.0 Å². The van der Waals surface area contributed by atoms with Crippen LogP contribution >= 0.6 is 0 Å². The van der Waals surface area contributed by atoms with E-state index in [-0.39, 0.29) is 17.1 Å². The molecule has 2 heterocycles. The summed E-state index contributed by atoms with van der Waals surface area (Å²) in [7, 11) is 2.92. The monoisotopic (exact) mass is 470 g/mol. The number of pyridine rings is 1. The Balaban J connectivity index is 1.76. The number of aromatic nitrogens is 3. The molecule has 0 fully saturated rings.